The van der Waals surface area contributed by atoms with E-state index >= 15 is 0 Å². The second-order valence-corrected chi connectivity index (χ2v) is 4.34. The molecule has 1 fully saturated rings. The molecule has 1 atom stereocenters. The van der Waals surface area contributed by atoms with Crippen LogP contribution < -0.4 is 5.73 Å². The molecule has 0 aromatic heterocycles. The maximum absolute atomic E-state index is 12.5. The first-order valence-electron chi connectivity index (χ1n) is 5.41. The Bertz CT molecular complexity index is 374. The van der Waals surface area contributed by atoms with Crippen molar-refractivity contribution < 1.29 is 13.2 Å². The van der Waals surface area contributed by atoms with Gasteiger partial charge < -0.3 is 5.73 Å². The molecule has 0 unspecified atom stereocenters. The maximum Gasteiger partial charge on any atom is 0.416 e. The van der Waals surface area contributed by atoms with Gasteiger partial charge in [0, 0.05) is 6.04 Å². The van der Waals surface area contributed by atoms with E-state index in [1.807, 2.05) is 0 Å². The fraction of sp³-hybridized carbons (Fsp3) is 0.500. The van der Waals surface area contributed by atoms with Crippen LogP contribution in [0.5, 0.6) is 0 Å². The fourth-order valence-corrected chi connectivity index (χ4v) is 1.99. The lowest BCUT2D eigenvalue weighted by atomic mass is 9.77. The van der Waals surface area contributed by atoms with E-state index in [4.69, 9.17) is 5.73 Å². The van der Waals surface area contributed by atoms with E-state index in [9.17, 15) is 13.2 Å². The second kappa shape index (κ2) is 5.27. The molecule has 1 aliphatic carbocycles. The molecule has 96 valence electrons. The van der Waals surface area contributed by atoms with Gasteiger partial charge in [-0.2, -0.15) is 13.2 Å². The number of nitrogens with two attached hydrogens (primary N) is 1. The Morgan fingerprint density at radius 2 is 1.88 bits per heavy atom. The molecular weight excluding hydrogens is 251 g/mol. The van der Waals surface area contributed by atoms with Gasteiger partial charge in [-0.25, -0.2) is 0 Å². The molecule has 5 heteroatoms. The predicted molar refractivity (Wildman–Crippen MR) is 63.0 cm³/mol. The van der Waals surface area contributed by atoms with Crippen LogP contribution in [0.25, 0.3) is 0 Å². The summed E-state index contributed by atoms with van der Waals surface area (Å²) in [6, 6.07) is 5.10. The Hall–Kier alpha value is -0.740. The number of hydrogen-bond acceptors (Lipinski definition) is 1. The Morgan fingerprint density at radius 1 is 1.24 bits per heavy atom. The Kier molecular flexibility index (Phi) is 4.44. The van der Waals surface area contributed by atoms with E-state index in [1.54, 1.807) is 6.07 Å². The van der Waals surface area contributed by atoms with Crippen LogP contribution in [0.15, 0.2) is 24.3 Å². The largest absolute Gasteiger partial charge is 0.416 e. The van der Waals surface area contributed by atoms with Crippen LogP contribution in [0.2, 0.25) is 0 Å². The van der Waals surface area contributed by atoms with E-state index in [0.29, 0.717) is 11.5 Å². The SMILES string of the molecule is Cl.N[C@@H](c1cccc(C(F)(F)F)c1)C1CCC1. The van der Waals surface area contributed by atoms with Crippen molar-refractivity contribution in [1.29, 1.82) is 0 Å². The smallest absolute Gasteiger partial charge is 0.324 e. The monoisotopic (exact) mass is 265 g/mol. The Morgan fingerprint density at radius 3 is 2.35 bits per heavy atom. The zero-order valence-electron chi connectivity index (χ0n) is 9.20. The Balaban J connectivity index is 0.00000144. The highest BCUT2D eigenvalue weighted by molar-refractivity contribution is 5.85. The van der Waals surface area contributed by atoms with Crippen LogP contribution >= 0.6 is 12.4 Å². The topological polar surface area (TPSA) is 26.0 Å². The van der Waals surface area contributed by atoms with Crippen LogP contribution in [0, 0.1) is 5.92 Å². The molecule has 0 amide bonds. The summed E-state index contributed by atoms with van der Waals surface area (Å²) in [5.41, 5.74) is 5.93. The van der Waals surface area contributed by atoms with Crippen molar-refractivity contribution in [1.82, 2.24) is 0 Å². The summed E-state index contributed by atoms with van der Waals surface area (Å²) in [4.78, 5) is 0. The summed E-state index contributed by atoms with van der Waals surface area (Å²) in [6.07, 6.45) is -1.10. The third kappa shape index (κ3) is 3.13. The molecule has 1 saturated carbocycles. The van der Waals surface area contributed by atoms with Crippen molar-refractivity contribution in [3.8, 4) is 0 Å². The third-order valence-corrected chi connectivity index (χ3v) is 3.26. The van der Waals surface area contributed by atoms with E-state index in [-0.39, 0.29) is 18.4 Å². The van der Waals surface area contributed by atoms with Gasteiger partial charge in [0.25, 0.3) is 0 Å². The number of rotatable bonds is 2. The molecule has 1 aromatic rings. The summed E-state index contributed by atoms with van der Waals surface area (Å²) in [6.45, 7) is 0. The quantitative estimate of drug-likeness (QED) is 0.862. The van der Waals surface area contributed by atoms with Crippen LogP contribution in [0.4, 0.5) is 13.2 Å². The highest BCUT2D eigenvalue weighted by Crippen LogP contribution is 2.37. The van der Waals surface area contributed by atoms with Crippen molar-refractivity contribution in [2.24, 2.45) is 11.7 Å². The predicted octanol–water partition coefficient (Wildman–Crippen LogP) is 3.93. The molecule has 1 aromatic carbocycles. The Labute approximate surface area is 105 Å². The summed E-state index contributed by atoms with van der Waals surface area (Å²) in [5, 5.41) is 0. The lowest BCUT2D eigenvalue weighted by Gasteiger charge is -2.31. The van der Waals surface area contributed by atoms with Gasteiger partial charge >= 0.3 is 6.18 Å². The zero-order valence-corrected chi connectivity index (χ0v) is 10.0. The normalized spacial score (nSPS) is 18.1. The molecular formula is C12H15ClF3N. The van der Waals surface area contributed by atoms with Gasteiger partial charge in [-0.3, -0.25) is 0 Å². The number of benzene rings is 1. The van der Waals surface area contributed by atoms with Crippen molar-refractivity contribution in [3.05, 3.63) is 35.4 Å². The molecule has 17 heavy (non-hydrogen) atoms. The molecule has 0 saturated heterocycles. The van der Waals surface area contributed by atoms with Gasteiger partial charge in [0.2, 0.25) is 0 Å². The summed E-state index contributed by atoms with van der Waals surface area (Å²) in [5.74, 6) is 0.350. The summed E-state index contributed by atoms with van der Waals surface area (Å²) in [7, 11) is 0. The van der Waals surface area contributed by atoms with Crippen LogP contribution in [-0.4, -0.2) is 0 Å². The number of halogens is 4. The van der Waals surface area contributed by atoms with Crippen molar-refractivity contribution >= 4 is 12.4 Å². The molecule has 1 aliphatic rings. The van der Waals surface area contributed by atoms with E-state index < -0.39 is 11.7 Å². The average Bonchev–Trinajstić information content (AvgIpc) is 2.14. The van der Waals surface area contributed by atoms with Gasteiger partial charge in [-0.1, -0.05) is 18.6 Å². The summed E-state index contributed by atoms with van der Waals surface area (Å²) >= 11 is 0. The first kappa shape index (κ1) is 14.3. The highest BCUT2D eigenvalue weighted by atomic mass is 35.5. The first-order valence-corrected chi connectivity index (χ1v) is 5.41. The third-order valence-electron chi connectivity index (χ3n) is 3.26. The molecule has 1 nitrogen and oxygen atoms in total. The minimum Gasteiger partial charge on any atom is -0.324 e. The van der Waals surface area contributed by atoms with Crippen molar-refractivity contribution in [3.63, 3.8) is 0 Å². The first-order chi connectivity index (χ1) is 7.48. The second-order valence-electron chi connectivity index (χ2n) is 4.34. The standard InChI is InChI=1S/C12H14F3N.ClH/c13-12(14,15)10-6-2-5-9(7-10)11(16)8-3-1-4-8;/h2,5-8,11H,1,3-4,16H2;1H/t11-;/m1./s1. The minimum atomic E-state index is -4.28. The highest BCUT2D eigenvalue weighted by Gasteiger charge is 2.32. The molecule has 0 bridgehead atoms. The number of alkyl halides is 3. The van der Waals surface area contributed by atoms with E-state index in [2.05, 4.69) is 0 Å². The molecule has 0 spiro atoms. The molecule has 0 radical (unpaired) electrons. The lowest BCUT2D eigenvalue weighted by molar-refractivity contribution is -0.137. The van der Waals surface area contributed by atoms with Gasteiger partial charge in [-0.15, -0.1) is 12.4 Å². The van der Waals surface area contributed by atoms with Gasteiger partial charge in [-0.05, 0) is 36.5 Å². The summed E-state index contributed by atoms with van der Waals surface area (Å²) < 4.78 is 37.5. The van der Waals surface area contributed by atoms with Crippen molar-refractivity contribution in [2.75, 3.05) is 0 Å². The minimum absolute atomic E-state index is 0. The molecule has 2 N–H and O–H groups in total. The van der Waals surface area contributed by atoms with E-state index in [1.165, 1.54) is 12.1 Å². The van der Waals surface area contributed by atoms with Crippen LogP contribution in [0.3, 0.4) is 0 Å². The van der Waals surface area contributed by atoms with E-state index in [0.717, 1.165) is 25.3 Å². The molecule has 2 rings (SSSR count). The lowest BCUT2D eigenvalue weighted by Crippen LogP contribution is -2.27. The van der Waals surface area contributed by atoms with Gasteiger partial charge in [0.05, 0.1) is 5.56 Å². The zero-order chi connectivity index (χ0) is 11.8. The maximum atomic E-state index is 12.5. The van der Waals surface area contributed by atoms with Crippen LogP contribution in [0.1, 0.15) is 36.4 Å². The number of hydrogen-bond donors (Lipinski definition) is 1. The molecule has 0 heterocycles. The average molecular weight is 266 g/mol. The van der Waals surface area contributed by atoms with Crippen LogP contribution in [-0.2, 0) is 6.18 Å². The van der Waals surface area contributed by atoms with Crippen molar-refractivity contribution in [2.45, 2.75) is 31.5 Å². The van der Waals surface area contributed by atoms with Gasteiger partial charge in [0.1, 0.15) is 0 Å². The van der Waals surface area contributed by atoms with Gasteiger partial charge in [0.15, 0.2) is 0 Å². The molecule has 0 aliphatic heterocycles. The fourth-order valence-electron chi connectivity index (χ4n) is 1.99.